The van der Waals surface area contributed by atoms with Gasteiger partial charge in [-0.2, -0.15) is 0 Å². The van der Waals surface area contributed by atoms with E-state index < -0.39 is 51.0 Å². The third-order valence-electron chi connectivity index (χ3n) is 4.90. The Kier molecular flexibility index (Phi) is 4.75. The zero-order valence-electron chi connectivity index (χ0n) is 13.4. The van der Waals surface area contributed by atoms with Crippen molar-refractivity contribution in [3.05, 3.63) is 20.2 Å². The molecule has 1 rings (SSSR count). The van der Waals surface area contributed by atoms with Gasteiger partial charge in [-0.15, -0.1) is 0 Å². The summed E-state index contributed by atoms with van der Waals surface area (Å²) in [6, 6.07) is -2.16. The van der Waals surface area contributed by atoms with Gasteiger partial charge in [0.15, 0.2) is 0 Å². The molecular weight excluding hydrogens is 276 g/mol. The SMILES string of the molecule is CC(=O)C1C(C)C([N+](=O)[O-])C(C(C)(C)C)C([N+](=O)[O-])C1C. The molecule has 1 aliphatic carbocycles. The van der Waals surface area contributed by atoms with Gasteiger partial charge in [0.1, 0.15) is 5.78 Å². The van der Waals surface area contributed by atoms with Gasteiger partial charge in [0.2, 0.25) is 12.1 Å². The van der Waals surface area contributed by atoms with E-state index >= 15 is 0 Å². The molecule has 4 atom stereocenters. The number of carbonyl (C=O) groups is 1. The normalized spacial score (nSPS) is 37.0. The lowest BCUT2D eigenvalue weighted by Crippen LogP contribution is -2.61. The highest BCUT2D eigenvalue weighted by Crippen LogP contribution is 2.48. The molecular formula is C14H24N2O5. The van der Waals surface area contributed by atoms with Gasteiger partial charge in [-0.05, 0) is 12.3 Å². The maximum atomic E-state index is 11.9. The van der Waals surface area contributed by atoms with Gasteiger partial charge in [-0.1, -0.05) is 34.6 Å². The first-order valence-electron chi connectivity index (χ1n) is 7.18. The molecule has 1 aliphatic rings. The molecule has 21 heavy (non-hydrogen) atoms. The van der Waals surface area contributed by atoms with Crippen LogP contribution >= 0.6 is 0 Å². The third kappa shape index (κ3) is 3.06. The number of Topliss-reactive ketones (excluding diaryl/α,β-unsaturated/α-hetero) is 1. The molecule has 0 N–H and O–H groups in total. The average molecular weight is 300 g/mol. The zero-order chi connectivity index (χ0) is 16.7. The summed E-state index contributed by atoms with van der Waals surface area (Å²) in [6.07, 6.45) is 0. The smallest absolute Gasteiger partial charge is 0.226 e. The molecule has 0 aliphatic heterocycles. The van der Waals surface area contributed by atoms with Crippen LogP contribution in [0.25, 0.3) is 0 Å². The molecule has 7 heteroatoms. The summed E-state index contributed by atoms with van der Waals surface area (Å²) in [7, 11) is 0. The van der Waals surface area contributed by atoms with Crippen molar-refractivity contribution in [2.75, 3.05) is 0 Å². The molecule has 0 aromatic rings. The largest absolute Gasteiger partial charge is 0.300 e. The molecule has 0 aromatic heterocycles. The molecule has 0 amide bonds. The Morgan fingerprint density at radius 3 is 1.48 bits per heavy atom. The summed E-state index contributed by atoms with van der Waals surface area (Å²) in [5, 5.41) is 23.1. The van der Waals surface area contributed by atoms with E-state index in [2.05, 4.69) is 0 Å². The molecule has 0 heterocycles. The summed E-state index contributed by atoms with van der Waals surface area (Å²) < 4.78 is 0. The van der Waals surface area contributed by atoms with Gasteiger partial charge in [-0.3, -0.25) is 25.0 Å². The number of ketones is 1. The molecule has 4 unspecified atom stereocenters. The summed E-state index contributed by atoms with van der Waals surface area (Å²) in [6.45, 7) is 10.1. The third-order valence-corrected chi connectivity index (χ3v) is 4.90. The molecule has 0 saturated heterocycles. The number of rotatable bonds is 3. The minimum Gasteiger partial charge on any atom is -0.300 e. The summed E-state index contributed by atoms with van der Waals surface area (Å²) in [5.41, 5.74) is -0.584. The number of carbonyl (C=O) groups excluding carboxylic acids is 1. The fourth-order valence-electron chi connectivity index (χ4n) is 4.17. The quantitative estimate of drug-likeness (QED) is 0.588. The van der Waals surface area contributed by atoms with Crippen LogP contribution in [0.15, 0.2) is 0 Å². The van der Waals surface area contributed by atoms with E-state index in [9.17, 15) is 25.0 Å². The monoisotopic (exact) mass is 300 g/mol. The van der Waals surface area contributed by atoms with Crippen molar-refractivity contribution >= 4 is 5.78 Å². The lowest BCUT2D eigenvalue weighted by molar-refractivity contribution is -0.603. The van der Waals surface area contributed by atoms with Gasteiger partial charge in [0.25, 0.3) is 0 Å². The van der Waals surface area contributed by atoms with Crippen LogP contribution in [0.4, 0.5) is 0 Å². The second kappa shape index (κ2) is 5.69. The van der Waals surface area contributed by atoms with Crippen LogP contribution in [0.2, 0.25) is 0 Å². The minimum atomic E-state index is -1.08. The highest BCUT2D eigenvalue weighted by molar-refractivity contribution is 5.79. The highest BCUT2D eigenvalue weighted by Gasteiger charge is 2.62. The van der Waals surface area contributed by atoms with Crippen molar-refractivity contribution in [2.45, 2.75) is 53.6 Å². The standard InChI is InChI=1S/C14H24N2O5/c1-7-10(9(3)17)8(2)13(16(20)21)11(14(4,5)6)12(7)15(18)19/h7-8,10-13H,1-6H3. The maximum absolute atomic E-state index is 11.9. The first-order chi connectivity index (χ1) is 9.41. The minimum absolute atomic E-state index is 0.207. The van der Waals surface area contributed by atoms with Gasteiger partial charge in [-0.25, -0.2) is 0 Å². The van der Waals surface area contributed by atoms with Crippen LogP contribution in [0.5, 0.6) is 0 Å². The number of hydrogen-bond donors (Lipinski definition) is 0. The van der Waals surface area contributed by atoms with Gasteiger partial charge < -0.3 is 0 Å². The van der Waals surface area contributed by atoms with Crippen LogP contribution in [-0.4, -0.2) is 27.7 Å². The molecule has 0 spiro atoms. The molecule has 120 valence electrons. The van der Waals surface area contributed by atoms with Crippen molar-refractivity contribution in [3.63, 3.8) is 0 Å². The number of hydrogen-bond acceptors (Lipinski definition) is 5. The topological polar surface area (TPSA) is 103 Å². The number of nitrogens with zero attached hydrogens (tertiary/aromatic N) is 2. The van der Waals surface area contributed by atoms with E-state index in [4.69, 9.17) is 0 Å². The number of nitro groups is 2. The lowest BCUT2D eigenvalue weighted by atomic mass is 9.56. The Morgan fingerprint density at radius 1 is 0.952 bits per heavy atom. The van der Waals surface area contributed by atoms with Gasteiger partial charge in [0.05, 0.1) is 5.92 Å². The van der Waals surface area contributed by atoms with Crippen molar-refractivity contribution in [2.24, 2.45) is 29.1 Å². The Labute approximate surface area is 124 Å². The van der Waals surface area contributed by atoms with Gasteiger partial charge in [0, 0.05) is 27.6 Å². The van der Waals surface area contributed by atoms with E-state index in [1.807, 2.05) is 0 Å². The predicted molar refractivity (Wildman–Crippen MR) is 77.0 cm³/mol. The molecule has 1 fully saturated rings. The Morgan fingerprint density at radius 2 is 1.29 bits per heavy atom. The average Bonchev–Trinajstić information content (AvgIpc) is 2.24. The van der Waals surface area contributed by atoms with E-state index in [1.165, 1.54) is 6.92 Å². The zero-order valence-corrected chi connectivity index (χ0v) is 13.4. The van der Waals surface area contributed by atoms with Crippen molar-refractivity contribution in [1.82, 2.24) is 0 Å². The second-order valence-corrected chi connectivity index (χ2v) is 7.30. The molecule has 7 nitrogen and oxygen atoms in total. The highest BCUT2D eigenvalue weighted by atomic mass is 16.6. The predicted octanol–water partition coefficient (Wildman–Crippen LogP) is 2.43. The van der Waals surface area contributed by atoms with Crippen molar-refractivity contribution in [3.8, 4) is 0 Å². The summed E-state index contributed by atoms with van der Waals surface area (Å²) >= 11 is 0. The van der Waals surface area contributed by atoms with E-state index in [0.29, 0.717) is 0 Å². The van der Waals surface area contributed by atoms with Crippen LogP contribution in [-0.2, 0) is 4.79 Å². The first-order valence-corrected chi connectivity index (χ1v) is 7.18. The first kappa shape index (κ1) is 17.5. The lowest BCUT2D eigenvalue weighted by Gasteiger charge is -2.45. The van der Waals surface area contributed by atoms with Crippen molar-refractivity contribution in [1.29, 1.82) is 0 Å². The van der Waals surface area contributed by atoms with E-state index in [0.717, 1.165) is 0 Å². The van der Waals surface area contributed by atoms with Crippen LogP contribution < -0.4 is 0 Å². The van der Waals surface area contributed by atoms with Gasteiger partial charge >= 0.3 is 0 Å². The van der Waals surface area contributed by atoms with E-state index in [1.54, 1.807) is 34.6 Å². The second-order valence-electron chi connectivity index (χ2n) is 7.30. The fraction of sp³-hybridized carbons (Fsp3) is 0.929. The summed E-state index contributed by atoms with van der Waals surface area (Å²) in [4.78, 5) is 34.1. The Hall–Kier alpha value is -1.53. The van der Waals surface area contributed by atoms with Crippen molar-refractivity contribution < 1.29 is 14.6 Å². The Balaban J connectivity index is 3.47. The molecule has 0 bridgehead atoms. The summed E-state index contributed by atoms with van der Waals surface area (Å²) in [5.74, 6) is -2.57. The van der Waals surface area contributed by atoms with Crippen LogP contribution in [0, 0.1) is 49.3 Å². The maximum Gasteiger partial charge on any atom is 0.226 e. The molecule has 0 radical (unpaired) electrons. The Bertz CT molecular complexity index is 429. The van der Waals surface area contributed by atoms with Crippen LogP contribution in [0.3, 0.4) is 0 Å². The fourth-order valence-corrected chi connectivity index (χ4v) is 4.17. The molecule has 1 saturated carbocycles. The van der Waals surface area contributed by atoms with E-state index in [-0.39, 0.29) is 5.78 Å². The van der Waals surface area contributed by atoms with Crippen LogP contribution in [0.1, 0.15) is 41.5 Å². The molecule has 0 aromatic carbocycles.